The van der Waals surface area contributed by atoms with Gasteiger partial charge < -0.3 is 5.32 Å². The van der Waals surface area contributed by atoms with Gasteiger partial charge in [0.15, 0.2) is 0 Å². The predicted molar refractivity (Wildman–Crippen MR) is 83.3 cm³/mol. The second-order valence-corrected chi connectivity index (χ2v) is 6.50. The molecule has 1 aliphatic heterocycles. The maximum Gasteiger partial charge on any atom is 0.226 e. The summed E-state index contributed by atoms with van der Waals surface area (Å²) in [5.41, 5.74) is 0.848. The molecule has 112 valence electrons. The molecule has 0 aliphatic carbocycles. The predicted octanol–water partition coefficient (Wildman–Crippen LogP) is 2.42. The van der Waals surface area contributed by atoms with Crippen molar-refractivity contribution in [2.24, 2.45) is 0 Å². The number of nitrogens with one attached hydrogen (secondary N) is 1. The summed E-state index contributed by atoms with van der Waals surface area (Å²) in [5, 5.41) is 5.75. The van der Waals surface area contributed by atoms with Gasteiger partial charge in [0.2, 0.25) is 5.91 Å². The molecule has 1 aromatic rings. The summed E-state index contributed by atoms with van der Waals surface area (Å²) in [5.74, 6) is 0.453. The SMILES string of the molecule is CC(CNC(=O)Cc1nc(CCl)cs1)N1CCCCC1. The highest BCUT2D eigenvalue weighted by Gasteiger charge is 2.17. The third kappa shape index (κ3) is 4.72. The van der Waals surface area contributed by atoms with Crippen molar-refractivity contribution in [1.82, 2.24) is 15.2 Å². The lowest BCUT2D eigenvalue weighted by atomic mass is 10.1. The van der Waals surface area contributed by atoms with E-state index >= 15 is 0 Å². The Labute approximate surface area is 129 Å². The minimum absolute atomic E-state index is 0.0457. The number of alkyl halides is 1. The van der Waals surface area contributed by atoms with E-state index < -0.39 is 0 Å². The van der Waals surface area contributed by atoms with Crippen LogP contribution in [0.25, 0.3) is 0 Å². The van der Waals surface area contributed by atoms with E-state index in [1.807, 2.05) is 5.38 Å². The molecule has 1 aromatic heterocycles. The van der Waals surface area contributed by atoms with Gasteiger partial charge in [-0.1, -0.05) is 6.42 Å². The fourth-order valence-electron chi connectivity index (χ4n) is 2.44. The van der Waals surface area contributed by atoms with Gasteiger partial charge in [0.25, 0.3) is 0 Å². The van der Waals surface area contributed by atoms with Crippen molar-refractivity contribution in [3.8, 4) is 0 Å². The Hall–Kier alpha value is -0.650. The van der Waals surface area contributed by atoms with Crippen LogP contribution in [-0.2, 0) is 17.1 Å². The number of hydrogen-bond acceptors (Lipinski definition) is 4. The van der Waals surface area contributed by atoms with Crippen LogP contribution >= 0.6 is 22.9 Å². The summed E-state index contributed by atoms with van der Waals surface area (Å²) in [6, 6.07) is 0.411. The molecule has 4 nitrogen and oxygen atoms in total. The van der Waals surface area contributed by atoms with Gasteiger partial charge in [0.1, 0.15) is 5.01 Å². The molecule has 0 aromatic carbocycles. The van der Waals surface area contributed by atoms with Crippen molar-refractivity contribution >= 4 is 28.8 Å². The molecule has 1 fully saturated rings. The average molecular weight is 316 g/mol. The number of thiazole rings is 1. The van der Waals surface area contributed by atoms with Crippen molar-refractivity contribution in [2.75, 3.05) is 19.6 Å². The van der Waals surface area contributed by atoms with Crippen LogP contribution in [0.4, 0.5) is 0 Å². The second kappa shape index (κ2) is 7.96. The maximum absolute atomic E-state index is 11.9. The van der Waals surface area contributed by atoms with Crippen molar-refractivity contribution in [1.29, 1.82) is 0 Å². The van der Waals surface area contributed by atoms with Gasteiger partial charge in [0.05, 0.1) is 18.0 Å². The lowest BCUT2D eigenvalue weighted by Gasteiger charge is -2.32. The first kappa shape index (κ1) is 15.7. The number of piperidine rings is 1. The molecule has 0 spiro atoms. The highest BCUT2D eigenvalue weighted by atomic mass is 35.5. The van der Waals surface area contributed by atoms with E-state index in [1.165, 1.54) is 30.6 Å². The van der Waals surface area contributed by atoms with E-state index in [2.05, 4.69) is 22.1 Å². The Balaban J connectivity index is 1.71. The van der Waals surface area contributed by atoms with Crippen LogP contribution in [0.5, 0.6) is 0 Å². The number of amides is 1. The van der Waals surface area contributed by atoms with Crippen molar-refractivity contribution < 1.29 is 4.79 Å². The Morgan fingerprint density at radius 1 is 1.50 bits per heavy atom. The largest absolute Gasteiger partial charge is 0.354 e. The molecule has 1 amide bonds. The maximum atomic E-state index is 11.9. The molecular weight excluding hydrogens is 294 g/mol. The van der Waals surface area contributed by atoms with E-state index in [0.717, 1.165) is 23.8 Å². The lowest BCUT2D eigenvalue weighted by molar-refractivity contribution is -0.120. The first-order chi connectivity index (χ1) is 9.69. The second-order valence-electron chi connectivity index (χ2n) is 5.29. The van der Waals surface area contributed by atoms with Crippen LogP contribution in [0.1, 0.15) is 36.9 Å². The van der Waals surface area contributed by atoms with Crippen LogP contribution in [-0.4, -0.2) is 41.5 Å². The summed E-state index contributed by atoms with van der Waals surface area (Å²) in [7, 11) is 0. The summed E-state index contributed by atoms with van der Waals surface area (Å²) < 4.78 is 0. The molecule has 6 heteroatoms. The van der Waals surface area contributed by atoms with Crippen LogP contribution in [0.15, 0.2) is 5.38 Å². The monoisotopic (exact) mass is 315 g/mol. The molecule has 2 heterocycles. The molecule has 1 aliphatic rings. The Kier molecular flexibility index (Phi) is 6.26. The molecule has 1 unspecified atom stereocenters. The summed E-state index contributed by atoms with van der Waals surface area (Å²) in [4.78, 5) is 18.7. The van der Waals surface area contributed by atoms with Gasteiger partial charge >= 0.3 is 0 Å². The van der Waals surface area contributed by atoms with E-state index in [9.17, 15) is 4.79 Å². The third-order valence-corrected chi connectivity index (χ3v) is 4.83. The van der Waals surface area contributed by atoms with Gasteiger partial charge in [-0.05, 0) is 32.9 Å². The first-order valence-electron chi connectivity index (χ1n) is 7.19. The first-order valence-corrected chi connectivity index (χ1v) is 8.60. The van der Waals surface area contributed by atoms with Gasteiger partial charge in [-0.15, -0.1) is 22.9 Å². The molecule has 0 bridgehead atoms. The van der Waals surface area contributed by atoms with Gasteiger partial charge in [0, 0.05) is 18.0 Å². The Bertz CT molecular complexity index is 432. The number of hydrogen-bond donors (Lipinski definition) is 1. The zero-order valence-electron chi connectivity index (χ0n) is 11.9. The highest BCUT2D eigenvalue weighted by Crippen LogP contribution is 2.13. The van der Waals surface area contributed by atoms with Crippen LogP contribution in [0.3, 0.4) is 0 Å². The summed E-state index contributed by atoms with van der Waals surface area (Å²) in [6.45, 7) is 5.21. The minimum atomic E-state index is 0.0457. The standard InChI is InChI=1S/C14H22ClN3OS/c1-11(18-5-3-2-4-6-18)9-16-13(19)7-14-17-12(8-15)10-20-14/h10-11H,2-9H2,1H3,(H,16,19). The third-order valence-electron chi connectivity index (χ3n) is 3.66. The fourth-order valence-corrected chi connectivity index (χ4v) is 3.46. The number of aromatic nitrogens is 1. The molecule has 0 radical (unpaired) electrons. The van der Waals surface area contributed by atoms with Crippen molar-refractivity contribution in [3.63, 3.8) is 0 Å². The van der Waals surface area contributed by atoms with E-state index in [-0.39, 0.29) is 5.91 Å². The zero-order chi connectivity index (χ0) is 14.4. The average Bonchev–Trinajstić information content (AvgIpc) is 2.93. The van der Waals surface area contributed by atoms with Gasteiger partial charge in [-0.25, -0.2) is 4.98 Å². The lowest BCUT2D eigenvalue weighted by Crippen LogP contribution is -2.44. The van der Waals surface area contributed by atoms with Crippen molar-refractivity contribution in [3.05, 3.63) is 16.1 Å². The van der Waals surface area contributed by atoms with Crippen LogP contribution in [0.2, 0.25) is 0 Å². The Morgan fingerprint density at radius 2 is 2.25 bits per heavy atom. The molecule has 1 N–H and O–H groups in total. The number of carbonyl (C=O) groups excluding carboxylic acids is 1. The molecular formula is C14H22ClN3OS. The topological polar surface area (TPSA) is 45.2 Å². The molecule has 20 heavy (non-hydrogen) atoms. The van der Waals surface area contributed by atoms with Crippen LogP contribution in [0, 0.1) is 0 Å². The number of halogens is 1. The van der Waals surface area contributed by atoms with E-state index in [1.54, 1.807) is 0 Å². The molecule has 0 saturated carbocycles. The number of rotatable bonds is 6. The summed E-state index contributed by atoms with van der Waals surface area (Å²) in [6.07, 6.45) is 4.24. The fraction of sp³-hybridized carbons (Fsp3) is 0.714. The van der Waals surface area contributed by atoms with Gasteiger partial charge in [-0.2, -0.15) is 0 Å². The quantitative estimate of drug-likeness (QED) is 0.820. The van der Waals surface area contributed by atoms with Crippen molar-refractivity contribution in [2.45, 2.75) is 44.5 Å². The van der Waals surface area contributed by atoms with Gasteiger partial charge in [-0.3, -0.25) is 9.69 Å². The normalized spacial score (nSPS) is 17.9. The smallest absolute Gasteiger partial charge is 0.226 e. The minimum Gasteiger partial charge on any atom is -0.354 e. The van der Waals surface area contributed by atoms with Crippen LogP contribution < -0.4 is 5.32 Å². The van der Waals surface area contributed by atoms with E-state index in [0.29, 0.717) is 24.9 Å². The molecule has 1 saturated heterocycles. The number of nitrogens with zero attached hydrogens (tertiary/aromatic N) is 2. The zero-order valence-corrected chi connectivity index (χ0v) is 13.5. The molecule has 2 rings (SSSR count). The summed E-state index contributed by atoms with van der Waals surface area (Å²) >= 11 is 7.20. The highest BCUT2D eigenvalue weighted by molar-refractivity contribution is 7.09. The number of likely N-dealkylation sites (tertiary alicyclic amines) is 1. The Morgan fingerprint density at radius 3 is 2.90 bits per heavy atom. The number of carbonyl (C=O) groups is 1. The van der Waals surface area contributed by atoms with E-state index in [4.69, 9.17) is 11.6 Å². The molecule has 1 atom stereocenters.